The van der Waals surface area contributed by atoms with Gasteiger partial charge in [-0.15, -0.1) is 0 Å². The molecule has 2 heterocycles. The monoisotopic (exact) mass is 416 g/mol. The van der Waals surface area contributed by atoms with Crippen LogP contribution in [0.2, 0.25) is 0 Å². The molecule has 3 rings (SSSR count). The quantitative estimate of drug-likeness (QED) is 0.283. The molecule has 1 atom stereocenters. The Morgan fingerprint density at radius 1 is 1.13 bits per heavy atom. The summed E-state index contributed by atoms with van der Waals surface area (Å²) in [5.41, 5.74) is 5.30. The van der Waals surface area contributed by atoms with E-state index in [1.165, 1.54) is 6.33 Å². The standard InChI is InChI=1S/C13H16N2O4.C5H4N4O2/c14-11(16)7-6-10(13(18)19)15-12(17)8-9-4-2-1-3-5-9;10-4-2-3(7-1-6-2)8-5(11)9-4/h1-5,10H,6-8H2,(H2,14,16)(H,15,17)(H,18,19);1H,(H3,6,7,8,9,10,11)/t10-;/m0./s1. The van der Waals surface area contributed by atoms with Gasteiger partial charge in [0.2, 0.25) is 11.8 Å². The number of H-pyrrole nitrogens is 3. The van der Waals surface area contributed by atoms with E-state index < -0.39 is 35.1 Å². The third-order valence-corrected chi connectivity index (χ3v) is 3.85. The number of aliphatic carboxylic acids is 1. The summed E-state index contributed by atoms with van der Waals surface area (Å²) < 4.78 is 0. The summed E-state index contributed by atoms with van der Waals surface area (Å²) >= 11 is 0. The highest BCUT2D eigenvalue weighted by Gasteiger charge is 2.20. The summed E-state index contributed by atoms with van der Waals surface area (Å²) in [7, 11) is 0. The Hall–Kier alpha value is -4.22. The van der Waals surface area contributed by atoms with Crippen LogP contribution in [0.5, 0.6) is 0 Å². The number of imidazole rings is 1. The molecule has 0 fully saturated rings. The molecule has 2 aromatic heterocycles. The number of hydrogen-bond donors (Lipinski definition) is 6. The molecule has 0 bridgehead atoms. The molecule has 30 heavy (non-hydrogen) atoms. The van der Waals surface area contributed by atoms with Crippen LogP contribution in [0.3, 0.4) is 0 Å². The molecule has 0 radical (unpaired) electrons. The lowest BCUT2D eigenvalue weighted by Gasteiger charge is -2.13. The molecule has 12 heteroatoms. The zero-order chi connectivity index (χ0) is 22.1. The maximum absolute atomic E-state index is 11.7. The summed E-state index contributed by atoms with van der Waals surface area (Å²) in [4.78, 5) is 65.5. The van der Waals surface area contributed by atoms with Gasteiger partial charge in [-0.3, -0.25) is 24.4 Å². The van der Waals surface area contributed by atoms with Gasteiger partial charge in [-0.1, -0.05) is 30.3 Å². The molecule has 0 spiro atoms. The number of nitrogens with two attached hydrogens (primary N) is 1. The predicted molar refractivity (Wildman–Crippen MR) is 105 cm³/mol. The van der Waals surface area contributed by atoms with Gasteiger partial charge in [-0.25, -0.2) is 14.6 Å². The Labute approximate surface area is 168 Å². The molecule has 7 N–H and O–H groups in total. The zero-order valence-corrected chi connectivity index (χ0v) is 15.7. The number of carboxylic acids is 1. The number of amides is 2. The lowest BCUT2D eigenvalue weighted by Crippen LogP contribution is -2.42. The van der Waals surface area contributed by atoms with Gasteiger partial charge in [0, 0.05) is 6.42 Å². The Balaban J connectivity index is 0.000000244. The number of nitrogens with zero attached hydrogens (tertiary/aromatic N) is 1. The van der Waals surface area contributed by atoms with Crippen LogP contribution in [0.4, 0.5) is 0 Å². The minimum Gasteiger partial charge on any atom is -0.480 e. The van der Waals surface area contributed by atoms with Crippen molar-refractivity contribution in [1.29, 1.82) is 0 Å². The molecule has 12 nitrogen and oxygen atoms in total. The van der Waals surface area contributed by atoms with E-state index in [4.69, 9.17) is 10.8 Å². The number of primary amides is 1. The fourth-order valence-electron chi connectivity index (χ4n) is 2.44. The van der Waals surface area contributed by atoms with Crippen LogP contribution in [0.25, 0.3) is 11.2 Å². The fraction of sp³-hybridized carbons (Fsp3) is 0.222. The Kier molecular flexibility index (Phi) is 7.62. The summed E-state index contributed by atoms with van der Waals surface area (Å²) in [6.45, 7) is 0. The molecule has 0 aliphatic carbocycles. The first-order valence-corrected chi connectivity index (χ1v) is 8.76. The molecule has 0 saturated carbocycles. The van der Waals surface area contributed by atoms with Gasteiger partial charge in [0.05, 0.1) is 12.7 Å². The average Bonchev–Trinajstić information content (AvgIpc) is 3.15. The summed E-state index contributed by atoms with van der Waals surface area (Å²) in [6, 6.07) is 7.88. The Bertz CT molecular complexity index is 1130. The van der Waals surface area contributed by atoms with E-state index in [0.717, 1.165) is 5.56 Å². The molecule has 0 saturated heterocycles. The third-order valence-electron chi connectivity index (χ3n) is 3.85. The van der Waals surface area contributed by atoms with Crippen molar-refractivity contribution in [3.63, 3.8) is 0 Å². The van der Waals surface area contributed by atoms with Crippen LogP contribution in [0, 0.1) is 0 Å². The molecule has 1 aromatic carbocycles. The van der Waals surface area contributed by atoms with Crippen LogP contribution >= 0.6 is 0 Å². The predicted octanol–water partition coefficient (Wildman–Crippen LogP) is -0.996. The van der Waals surface area contributed by atoms with Gasteiger partial charge in [0.15, 0.2) is 5.65 Å². The van der Waals surface area contributed by atoms with E-state index in [-0.39, 0.29) is 30.4 Å². The molecule has 0 aliphatic heterocycles. The van der Waals surface area contributed by atoms with Crippen LogP contribution in [-0.2, 0) is 20.8 Å². The summed E-state index contributed by atoms with van der Waals surface area (Å²) in [6.07, 6.45) is 1.35. The second kappa shape index (κ2) is 10.4. The fourth-order valence-corrected chi connectivity index (χ4v) is 2.44. The molecule has 2 amide bonds. The van der Waals surface area contributed by atoms with Crippen molar-refractivity contribution < 1.29 is 19.5 Å². The first kappa shape index (κ1) is 22.1. The Morgan fingerprint density at radius 2 is 1.83 bits per heavy atom. The van der Waals surface area contributed by atoms with Crippen molar-refractivity contribution in [2.75, 3.05) is 0 Å². The van der Waals surface area contributed by atoms with Crippen LogP contribution < -0.4 is 22.3 Å². The normalized spacial score (nSPS) is 11.2. The second-order valence-corrected chi connectivity index (χ2v) is 6.16. The second-order valence-electron chi connectivity index (χ2n) is 6.16. The molecule has 0 aliphatic rings. The minimum absolute atomic E-state index is 0.00873. The summed E-state index contributed by atoms with van der Waals surface area (Å²) in [5.74, 6) is -2.17. The first-order valence-electron chi connectivity index (χ1n) is 8.76. The molecule has 3 aromatic rings. The molecule has 158 valence electrons. The number of rotatable bonds is 7. The van der Waals surface area contributed by atoms with Gasteiger partial charge in [0.25, 0.3) is 5.56 Å². The number of nitrogens with one attached hydrogen (secondary N) is 4. The van der Waals surface area contributed by atoms with E-state index in [9.17, 15) is 24.0 Å². The van der Waals surface area contributed by atoms with E-state index in [1.807, 2.05) is 6.07 Å². The number of carboxylic acid groups (broad SMARTS) is 1. The van der Waals surface area contributed by atoms with Crippen LogP contribution in [0.1, 0.15) is 18.4 Å². The number of aromatic nitrogens is 4. The van der Waals surface area contributed by atoms with Crippen LogP contribution in [-0.4, -0.2) is 48.9 Å². The van der Waals surface area contributed by atoms with E-state index in [2.05, 4.69) is 25.3 Å². The van der Waals surface area contributed by atoms with Gasteiger partial charge in [-0.05, 0) is 12.0 Å². The van der Waals surface area contributed by atoms with E-state index in [0.29, 0.717) is 0 Å². The SMILES string of the molecule is NC(=O)CC[C@H](NC(=O)Cc1ccccc1)C(=O)O.O=c1[nH]c(=O)c2[nH]cnc2[nH]1. The number of aromatic amines is 3. The largest absolute Gasteiger partial charge is 0.480 e. The highest BCUT2D eigenvalue weighted by atomic mass is 16.4. The zero-order valence-electron chi connectivity index (χ0n) is 15.7. The summed E-state index contributed by atoms with van der Waals surface area (Å²) in [5, 5.41) is 11.3. The van der Waals surface area contributed by atoms with Crippen molar-refractivity contribution in [2.24, 2.45) is 5.73 Å². The van der Waals surface area contributed by atoms with E-state index >= 15 is 0 Å². The van der Waals surface area contributed by atoms with Gasteiger partial charge >= 0.3 is 11.7 Å². The van der Waals surface area contributed by atoms with Crippen molar-refractivity contribution >= 4 is 28.9 Å². The van der Waals surface area contributed by atoms with Gasteiger partial charge < -0.3 is 21.1 Å². The van der Waals surface area contributed by atoms with Crippen molar-refractivity contribution in [1.82, 2.24) is 25.3 Å². The highest BCUT2D eigenvalue weighted by Crippen LogP contribution is 2.02. The molecular weight excluding hydrogens is 396 g/mol. The number of fused-ring (bicyclic) bond motifs is 1. The van der Waals surface area contributed by atoms with Crippen molar-refractivity contribution in [3.8, 4) is 0 Å². The molecular formula is C18H20N6O6. The number of hydrogen-bond acceptors (Lipinski definition) is 6. The molecule has 0 unspecified atom stereocenters. The third kappa shape index (κ3) is 6.74. The lowest BCUT2D eigenvalue weighted by molar-refractivity contribution is -0.142. The van der Waals surface area contributed by atoms with Crippen LogP contribution in [0.15, 0.2) is 46.2 Å². The first-order chi connectivity index (χ1) is 14.3. The smallest absolute Gasteiger partial charge is 0.327 e. The van der Waals surface area contributed by atoms with Gasteiger partial charge in [-0.2, -0.15) is 0 Å². The topological polar surface area (TPSA) is 204 Å². The lowest BCUT2D eigenvalue weighted by atomic mass is 10.1. The van der Waals surface area contributed by atoms with E-state index in [1.54, 1.807) is 24.3 Å². The maximum Gasteiger partial charge on any atom is 0.327 e. The van der Waals surface area contributed by atoms with Crippen molar-refractivity contribution in [3.05, 3.63) is 63.1 Å². The number of carbonyl (C=O) groups is 3. The number of benzene rings is 1. The average molecular weight is 416 g/mol. The minimum atomic E-state index is -1.18. The number of carbonyl (C=O) groups excluding carboxylic acids is 2. The van der Waals surface area contributed by atoms with Gasteiger partial charge in [0.1, 0.15) is 11.6 Å². The maximum atomic E-state index is 11.7. The Morgan fingerprint density at radius 3 is 2.47 bits per heavy atom. The van der Waals surface area contributed by atoms with Crippen molar-refractivity contribution in [2.45, 2.75) is 25.3 Å². The highest BCUT2D eigenvalue weighted by molar-refractivity contribution is 5.85.